The van der Waals surface area contributed by atoms with Crippen molar-refractivity contribution in [3.05, 3.63) is 42.7 Å². The molecule has 1 fully saturated rings. The molecule has 166 valence electrons. The third kappa shape index (κ3) is 5.05. The van der Waals surface area contributed by atoms with Crippen molar-refractivity contribution >= 4 is 36.7 Å². The molecule has 0 saturated heterocycles. The Labute approximate surface area is 181 Å². The van der Waals surface area contributed by atoms with Gasteiger partial charge in [0, 0.05) is 36.1 Å². The highest BCUT2D eigenvalue weighted by atomic mass is 32.2. The van der Waals surface area contributed by atoms with Gasteiger partial charge in [-0.3, -0.25) is 0 Å². The fourth-order valence-corrected chi connectivity index (χ4v) is 5.80. The fourth-order valence-electron chi connectivity index (χ4n) is 4.06. The van der Waals surface area contributed by atoms with Crippen LogP contribution < -0.4 is 10.0 Å². The minimum Gasteiger partial charge on any atom is -0.351 e. The van der Waals surface area contributed by atoms with Crippen molar-refractivity contribution in [2.75, 3.05) is 17.8 Å². The predicted octanol–water partition coefficient (Wildman–Crippen LogP) is 2.10. The summed E-state index contributed by atoms with van der Waals surface area (Å²) in [5.74, 6) is 1.11. The number of rotatable bonds is 6. The van der Waals surface area contributed by atoms with Gasteiger partial charge in [0.15, 0.2) is 9.84 Å². The highest BCUT2D eigenvalue weighted by Gasteiger charge is 2.24. The molecule has 0 unspecified atom stereocenters. The standard InChI is InChI=1S/C20H25N5O4S2/c1-30(26,27)18-5-3-4-17-16(18)11-13-25(17)19-10-12-21-20(23-19)22-14-6-8-15(9-7-14)24-31(2,28)29/h3-5,10-15,24H,6-9H2,1-2H3,(H,21,22,23)/t14-,15-. The molecule has 9 nitrogen and oxygen atoms in total. The summed E-state index contributed by atoms with van der Waals surface area (Å²) in [7, 11) is -6.54. The number of sulfone groups is 1. The highest BCUT2D eigenvalue weighted by molar-refractivity contribution is 7.91. The highest BCUT2D eigenvalue weighted by Crippen LogP contribution is 2.27. The van der Waals surface area contributed by atoms with Crippen LogP contribution in [0.4, 0.5) is 5.95 Å². The third-order valence-electron chi connectivity index (χ3n) is 5.42. The molecule has 0 atom stereocenters. The first kappa shape index (κ1) is 21.7. The molecule has 0 bridgehead atoms. The van der Waals surface area contributed by atoms with Crippen LogP contribution >= 0.6 is 0 Å². The quantitative estimate of drug-likeness (QED) is 0.574. The molecule has 1 aliphatic rings. The molecule has 4 rings (SSSR count). The van der Waals surface area contributed by atoms with E-state index in [-0.39, 0.29) is 17.0 Å². The Hall–Kier alpha value is -2.50. The van der Waals surface area contributed by atoms with E-state index in [4.69, 9.17) is 0 Å². The van der Waals surface area contributed by atoms with E-state index in [9.17, 15) is 16.8 Å². The van der Waals surface area contributed by atoms with Gasteiger partial charge in [-0.25, -0.2) is 26.5 Å². The van der Waals surface area contributed by atoms with Crippen molar-refractivity contribution in [3.8, 4) is 5.82 Å². The van der Waals surface area contributed by atoms with Crippen molar-refractivity contribution in [1.82, 2.24) is 19.3 Å². The second-order valence-electron chi connectivity index (χ2n) is 7.97. The van der Waals surface area contributed by atoms with E-state index in [1.54, 1.807) is 36.7 Å². The number of hydrogen-bond acceptors (Lipinski definition) is 7. The van der Waals surface area contributed by atoms with E-state index in [2.05, 4.69) is 20.0 Å². The molecule has 0 amide bonds. The van der Waals surface area contributed by atoms with Crippen LogP contribution in [0.25, 0.3) is 16.7 Å². The average molecular weight is 464 g/mol. The average Bonchev–Trinajstić information content (AvgIpc) is 3.12. The van der Waals surface area contributed by atoms with E-state index < -0.39 is 19.9 Å². The lowest BCUT2D eigenvalue weighted by Gasteiger charge is -2.29. The summed E-state index contributed by atoms with van der Waals surface area (Å²) in [5, 5.41) is 3.99. The number of sulfonamides is 1. The molecule has 11 heteroatoms. The fraction of sp³-hybridized carbons (Fsp3) is 0.400. The molecule has 0 spiro atoms. The summed E-state index contributed by atoms with van der Waals surface area (Å²) in [5.41, 5.74) is 0.750. The number of aromatic nitrogens is 3. The number of fused-ring (bicyclic) bond motifs is 1. The van der Waals surface area contributed by atoms with Crippen LogP contribution in [0.3, 0.4) is 0 Å². The number of anilines is 1. The summed E-state index contributed by atoms with van der Waals surface area (Å²) >= 11 is 0. The monoisotopic (exact) mass is 463 g/mol. The van der Waals surface area contributed by atoms with Gasteiger partial charge in [0.25, 0.3) is 0 Å². The summed E-state index contributed by atoms with van der Waals surface area (Å²) in [6, 6.07) is 8.85. The Bertz CT molecular complexity index is 1310. The lowest BCUT2D eigenvalue weighted by molar-refractivity contribution is 0.387. The molecule has 0 radical (unpaired) electrons. The van der Waals surface area contributed by atoms with E-state index in [1.807, 2.05) is 10.6 Å². The number of benzene rings is 1. The topological polar surface area (TPSA) is 123 Å². The van der Waals surface area contributed by atoms with Crippen molar-refractivity contribution in [2.45, 2.75) is 42.7 Å². The van der Waals surface area contributed by atoms with Crippen LogP contribution in [0.15, 0.2) is 47.6 Å². The third-order valence-corrected chi connectivity index (χ3v) is 7.34. The molecule has 2 N–H and O–H groups in total. The smallest absolute Gasteiger partial charge is 0.224 e. The first-order chi connectivity index (χ1) is 14.6. The molecular formula is C20H25N5O4S2. The largest absolute Gasteiger partial charge is 0.351 e. The molecule has 2 heterocycles. The molecule has 1 aliphatic carbocycles. The second-order valence-corrected chi connectivity index (χ2v) is 11.7. The van der Waals surface area contributed by atoms with Gasteiger partial charge in [0.2, 0.25) is 16.0 Å². The lowest BCUT2D eigenvalue weighted by Crippen LogP contribution is -2.39. The van der Waals surface area contributed by atoms with Gasteiger partial charge >= 0.3 is 0 Å². The van der Waals surface area contributed by atoms with E-state index in [1.165, 1.54) is 12.5 Å². The Morgan fingerprint density at radius 1 is 0.968 bits per heavy atom. The number of nitrogens with zero attached hydrogens (tertiary/aromatic N) is 3. The summed E-state index contributed by atoms with van der Waals surface area (Å²) in [4.78, 5) is 9.21. The molecule has 2 aromatic heterocycles. The summed E-state index contributed by atoms with van der Waals surface area (Å²) in [6.45, 7) is 0. The SMILES string of the molecule is CS(=O)(=O)N[C@H]1CC[C@H](Nc2nccc(-n3ccc4c(S(C)(=O)=O)cccc43)n2)CC1. The van der Waals surface area contributed by atoms with Gasteiger partial charge in [0.1, 0.15) is 5.82 Å². The summed E-state index contributed by atoms with van der Waals surface area (Å²) < 4.78 is 51.5. The van der Waals surface area contributed by atoms with Gasteiger partial charge in [-0.15, -0.1) is 0 Å². The molecule has 3 aromatic rings. The maximum absolute atomic E-state index is 12.1. The predicted molar refractivity (Wildman–Crippen MR) is 120 cm³/mol. The van der Waals surface area contributed by atoms with Crippen LogP contribution in [0, 0.1) is 0 Å². The Morgan fingerprint density at radius 3 is 2.35 bits per heavy atom. The minimum absolute atomic E-state index is 0.0319. The van der Waals surface area contributed by atoms with Gasteiger partial charge in [-0.2, -0.15) is 4.98 Å². The van der Waals surface area contributed by atoms with Gasteiger partial charge in [-0.05, 0) is 49.9 Å². The first-order valence-corrected chi connectivity index (χ1v) is 13.8. The molecule has 1 aromatic carbocycles. The first-order valence-electron chi connectivity index (χ1n) is 9.97. The molecule has 1 saturated carbocycles. The van der Waals surface area contributed by atoms with E-state index >= 15 is 0 Å². The van der Waals surface area contributed by atoms with Crippen LogP contribution in [0.2, 0.25) is 0 Å². The van der Waals surface area contributed by atoms with E-state index in [0.29, 0.717) is 17.2 Å². The Morgan fingerprint density at radius 2 is 1.68 bits per heavy atom. The van der Waals surface area contributed by atoms with Crippen molar-refractivity contribution in [2.24, 2.45) is 0 Å². The molecule has 0 aliphatic heterocycles. The number of hydrogen-bond donors (Lipinski definition) is 2. The second kappa shape index (κ2) is 8.21. The minimum atomic E-state index is -3.34. The normalized spacial score (nSPS) is 20.1. The van der Waals surface area contributed by atoms with Gasteiger partial charge < -0.3 is 9.88 Å². The van der Waals surface area contributed by atoms with Crippen LogP contribution in [-0.2, 0) is 19.9 Å². The van der Waals surface area contributed by atoms with Crippen molar-refractivity contribution in [3.63, 3.8) is 0 Å². The van der Waals surface area contributed by atoms with Crippen LogP contribution in [-0.4, -0.2) is 56.0 Å². The van der Waals surface area contributed by atoms with Gasteiger partial charge in [-0.1, -0.05) is 6.07 Å². The number of nitrogens with one attached hydrogen (secondary N) is 2. The summed E-state index contributed by atoms with van der Waals surface area (Å²) in [6.07, 6.45) is 8.96. The maximum Gasteiger partial charge on any atom is 0.224 e. The van der Waals surface area contributed by atoms with Crippen LogP contribution in [0.1, 0.15) is 25.7 Å². The van der Waals surface area contributed by atoms with Crippen molar-refractivity contribution in [1.29, 1.82) is 0 Å². The zero-order chi connectivity index (χ0) is 22.2. The van der Waals surface area contributed by atoms with Crippen molar-refractivity contribution < 1.29 is 16.8 Å². The zero-order valence-electron chi connectivity index (χ0n) is 17.3. The Balaban J connectivity index is 1.52. The zero-order valence-corrected chi connectivity index (χ0v) is 18.9. The molecular weight excluding hydrogens is 438 g/mol. The maximum atomic E-state index is 12.1. The van der Waals surface area contributed by atoms with Gasteiger partial charge in [0.05, 0.1) is 16.7 Å². The van der Waals surface area contributed by atoms with Crippen LogP contribution in [0.5, 0.6) is 0 Å². The molecule has 31 heavy (non-hydrogen) atoms. The Kier molecular flexibility index (Phi) is 5.75. The van der Waals surface area contributed by atoms with E-state index in [0.717, 1.165) is 31.2 Å². The lowest BCUT2D eigenvalue weighted by atomic mass is 9.92.